The lowest BCUT2D eigenvalue weighted by atomic mass is 10.1. The molecule has 0 saturated heterocycles. The number of rotatable bonds is 5. The van der Waals surface area contributed by atoms with Gasteiger partial charge in [0, 0.05) is 0 Å². The highest BCUT2D eigenvalue weighted by molar-refractivity contribution is 7.84. The first kappa shape index (κ1) is 14.3. The highest BCUT2D eigenvalue weighted by Gasteiger charge is 2.26. The Morgan fingerprint density at radius 2 is 2.00 bits per heavy atom. The molecule has 0 aromatic rings. The highest BCUT2D eigenvalue weighted by Crippen LogP contribution is 2.11. The second-order valence-corrected chi connectivity index (χ2v) is 6.55. The van der Waals surface area contributed by atoms with Crippen LogP contribution in [0.15, 0.2) is 12.2 Å². The van der Waals surface area contributed by atoms with E-state index in [9.17, 15) is 9.00 Å². The van der Waals surface area contributed by atoms with Crippen molar-refractivity contribution < 1.29 is 14.1 Å². The summed E-state index contributed by atoms with van der Waals surface area (Å²) >= 11 is 0. The summed E-state index contributed by atoms with van der Waals surface area (Å²) in [5.74, 6) is -1.00. The van der Waals surface area contributed by atoms with Gasteiger partial charge in [0.1, 0.15) is 6.04 Å². The molecule has 88 valence electrons. The Morgan fingerprint density at radius 3 is 2.27 bits per heavy atom. The highest BCUT2D eigenvalue weighted by atomic mass is 32.2. The molecule has 0 fully saturated rings. The van der Waals surface area contributed by atoms with Crippen LogP contribution in [0.3, 0.4) is 0 Å². The molecule has 5 heteroatoms. The smallest absolute Gasteiger partial charge is 0.321 e. The van der Waals surface area contributed by atoms with Crippen molar-refractivity contribution in [2.75, 3.05) is 0 Å². The van der Waals surface area contributed by atoms with Gasteiger partial charge < -0.3 is 5.11 Å². The van der Waals surface area contributed by atoms with Crippen LogP contribution in [-0.2, 0) is 15.8 Å². The second kappa shape index (κ2) is 5.42. The number of nitrogens with one attached hydrogen (secondary N) is 1. The van der Waals surface area contributed by atoms with Crippen LogP contribution in [-0.4, -0.2) is 26.1 Å². The van der Waals surface area contributed by atoms with E-state index in [-0.39, 0.29) is 6.42 Å². The Labute approximate surface area is 93.3 Å². The Morgan fingerprint density at radius 1 is 1.53 bits per heavy atom. The van der Waals surface area contributed by atoms with Crippen LogP contribution < -0.4 is 4.72 Å². The van der Waals surface area contributed by atoms with Crippen molar-refractivity contribution in [1.82, 2.24) is 4.72 Å². The van der Waals surface area contributed by atoms with Gasteiger partial charge in [-0.3, -0.25) is 4.79 Å². The second-order valence-electron chi connectivity index (χ2n) is 4.55. The number of carbonyl (C=O) groups is 1. The van der Waals surface area contributed by atoms with Gasteiger partial charge in [-0.05, 0) is 34.1 Å². The molecule has 2 atom stereocenters. The third-order valence-corrected chi connectivity index (χ3v) is 3.27. The van der Waals surface area contributed by atoms with E-state index in [0.29, 0.717) is 0 Å². The first-order valence-corrected chi connectivity index (χ1v) is 5.85. The first-order chi connectivity index (χ1) is 6.64. The van der Waals surface area contributed by atoms with Crippen LogP contribution in [0.5, 0.6) is 0 Å². The molecule has 0 aliphatic heterocycles. The molecule has 4 nitrogen and oxygen atoms in total. The van der Waals surface area contributed by atoms with E-state index in [2.05, 4.69) is 11.3 Å². The predicted octanol–water partition coefficient (Wildman–Crippen LogP) is 1.46. The fourth-order valence-electron chi connectivity index (χ4n) is 0.834. The van der Waals surface area contributed by atoms with Gasteiger partial charge in [-0.15, -0.1) is 6.58 Å². The Hall–Kier alpha value is -0.680. The summed E-state index contributed by atoms with van der Waals surface area (Å²) in [6, 6.07) is -0.831. The number of hydrogen-bond donors (Lipinski definition) is 2. The van der Waals surface area contributed by atoms with Crippen molar-refractivity contribution in [3.05, 3.63) is 12.2 Å². The van der Waals surface area contributed by atoms with E-state index in [1.807, 2.05) is 0 Å². The molecule has 15 heavy (non-hydrogen) atoms. The van der Waals surface area contributed by atoms with E-state index in [1.165, 1.54) is 0 Å². The largest absolute Gasteiger partial charge is 0.480 e. The fourth-order valence-corrected chi connectivity index (χ4v) is 1.63. The van der Waals surface area contributed by atoms with Crippen LogP contribution in [0.4, 0.5) is 0 Å². The molecule has 0 rings (SSSR count). The van der Waals surface area contributed by atoms with E-state index >= 15 is 0 Å². The summed E-state index contributed by atoms with van der Waals surface area (Å²) in [4.78, 5) is 10.9. The molecule has 0 unspecified atom stereocenters. The fraction of sp³-hybridized carbons (Fsp3) is 0.700. The average molecular weight is 233 g/mol. The van der Waals surface area contributed by atoms with Crippen LogP contribution in [0, 0.1) is 0 Å². The molecular formula is C10H19NO3S. The summed E-state index contributed by atoms with van der Waals surface area (Å²) in [5, 5.41) is 8.90. The number of aliphatic carboxylic acids is 1. The van der Waals surface area contributed by atoms with Crippen LogP contribution in [0.1, 0.15) is 34.1 Å². The molecule has 0 aromatic heterocycles. The molecule has 0 aliphatic rings. The predicted molar refractivity (Wildman–Crippen MR) is 61.9 cm³/mol. The lowest BCUT2D eigenvalue weighted by Gasteiger charge is -2.21. The maximum absolute atomic E-state index is 11.7. The molecule has 0 saturated carbocycles. The minimum Gasteiger partial charge on any atom is -0.480 e. The van der Waals surface area contributed by atoms with Crippen LogP contribution >= 0.6 is 0 Å². The van der Waals surface area contributed by atoms with Crippen molar-refractivity contribution in [2.24, 2.45) is 0 Å². The number of carboxylic acid groups (broad SMARTS) is 1. The van der Waals surface area contributed by atoms with Crippen molar-refractivity contribution >= 4 is 17.0 Å². The third-order valence-electron chi connectivity index (χ3n) is 1.66. The standard InChI is InChI=1S/C10H19NO3S/c1-7(2)6-8(9(12)13)11-15(14)10(3,4)5/h8,11H,1,6H2,2-5H3,(H,12,13)/t8-,15+/m1/s1. The zero-order chi connectivity index (χ0) is 12.2. The summed E-state index contributed by atoms with van der Waals surface area (Å²) in [5.41, 5.74) is 0.751. The van der Waals surface area contributed by atoms with Gasteiger partial charge in [0.15, 0.2) is 0 Å². The number of carboxylic acids is 1. The zero-order valence-electron chi connectivity index (χ0n) is 9.66. The van der Waals surface area contributed by atoms with Gasteiger partial charge in [0.25, 0.3) is 0 Å². The molecular weight excluding hydrogens is 214 g/mol. The quantitative estimate of drug-likeness (QED) is 0.706. The summed E-state index contributed by atoms with van der Waals surface area (Å²) in [7, 11) is -1.38. The average Bonchev–Trinajstić information content (AvgIpc) is 1.99. The first-order valence-electron chi connectivity index (χ1n) is 4.70. The topological polar surface area (TPSA) is 66.4 Å². The summed E-state index contributed by atoms with van der Waals surface area (Å²) in [6.45, 7) is 10.8. The van der Waals surface area contributed by atoms with Gasteiger partial charge in [-0.25, -0.2) is 8.93 Å². The summed E-state index contributed by atoms with van der Waals surface area (Å²) < 4.78 is 13.8. The lowest BCUT2D eigenvalue weighted by molar-refractivity contribution is -0.138. The van der Waals surface area contributed by atoms with E-state index < -0.39 is 27.7 Å². The molecule has 0 spiro atoms. The maximum atomic E-state index is 11.7. The minimum absolute atomic E-state index is 0.289. The van der Waals surface area contributed by atoms with Gasteiger partial charge in [0.05, 0.1) is 15.7 Å². The van der Waals surface area contributed by atoms with Gasteiger partial charge in [-0.1, -0.05) is 5.57 Å². The monoisotopic (exact) mass is 233 g/mol. The molecule has 0 radical (unpaired) electrons. The lowest BCUT2D eigenvalue weighted by Crippen LogP contribution is -2.43. The molecule has 0 aromatic carbocycles. The van der Waals surface area contributed by atoms with E-state index in [0.717, 1.165) is 5.57 Å². The van der Waals surface area contributed by atoms with Gasteiger partial charge >= 0.3 is 5.97 Å². The SMILES string of the molecule is C=C(C)C[C@@H](N[S@@](=O)C(C)(C)C)C(=O)O. The normalized spacial score (nSPS) is 15.7. The number of hydrogen-bond acceptors (Lipinski definition) is 2. The Kier molecular flexibility index (Phi) is 5.17. The van der Waals surface area contributed by atoms with Crippen molar-refractivity contribution in [3.63, 3.8) is 0 Å². The van der Waals surface area contributed by atoms with Crippen molar-refractivity contribution in [1.29, 1.82) is 0 Å². The molecule has 2 N–H and O–H groups in total. The van der Waals surface area contributed by atoms with Gasteiger partial charge in [-0.2, -0.15) is 0 Å². The molecule has 0 bridgehead atoms. The van der Waals surface area contributed by atoms with Crippen LogP contribution in [0.25, 0.3) is 0 Å². The molecule has 0 heterocycles. The third kappa shape index (κ3) is 5.69. The minimum atomic E-state index is -1.38. The van der Waals surface area contributed by atoms with Crippen molar-refractivity contribution in [2.45, 2.75) is 44.9 Å². The maximum Gasteiger partial charge on any atom is 0.321 e. The van der Waals surface area contributed by atoms with E-state index in [1.54, 1.807) is 27.7 Å². The summed E-state index contributed by atoms with van der Waals surface area (Å²) in [6.07, 6.45) is 0.289. The van der Waals surface area contributed by atoms with Gasteiger partial charge in [0.2, 0.25) is 0 Å². The Balaban J connectivity index is 4.50. The van der Waals surface area contributed by atoms with Crippen molar-refractivity contribution in [3.8, 4) is 0 Å². The van der Waals surface area contributed by atoms with E-state index in [4.69, 9.17) is 5.11 Å². The van der Waals surface area contributed by atoms with Crippen LogP contribution in [0.2, 0.25) is 0 Å². The molecule has 0 aliphatic carbocycles. The Bertz CT molecular complexity index is 281. The zero-order valence-corrected chi connectivity index (χ0v) is 10.5. The molecule has 0 amide bonds.